The molecule has 0 aliphatic heterocycles. The maximum absolute atomic E-state index is 13.1. The van der Waals surface area contributed by atoms with E-state index in [4.69, 9.17) is 10.2 Å². The van der Waals surface area contributed by atoms with Crippen molar-refractivity contribution in [1.29, 1.82) is 0 Å². The van der Waals surface area contributed by atoms with Gasteiger partial charge in [0.1, 0.15) is 0 Å². The Morgan fingerprint density at radius 1 is 1.29 bits per heavy atom. The van der Waals surface area contributed by atoms with Crippen LogP contribution >= 0.6 is 0 Å². The molecule has 0 aliphatic carbocycles. The molecule has 17 heavy (non-hydrogen) atoms. The SMILES string of the molecule is O=C(O)c1cc(-c2cc(O)c(O)c(F)c2)on1. The number of carboxylic acid groups (broad SMARTS) is 1. The molecule has 0 aliphatic rings. The van der Waals surface area contributed by atoms with Crippen molar-refractivity contribution < 1.29 is 29.0 Å². The molecule has 6 nitrogen and oxygen atoms in total. The first-order valence-electron chi connectivity index (χ1n) is 4.41. The Labute approximate surface area is 93.5 Å². The van der Waals surface area contributed by atoms with Gasteiger partial charge < -0.3 is 19.8 Å². The van der Waals surface area contributed by atoms with Crippen molar-refractivity contribution in [2.75, 3.05) is 0 Å². The van der Waals surface area contributed by atoms with Crippen molar-refractivity contribution >= 4 is 5.97 Å². The van der Waals surface area contributed by atoms with E-state index < -0.39 is 23.3 Å². The number of phenols is 2. The van der Waals surface area contributed by atoms with Gasteiger partial charge in [-0.2, -0.15) is 0 Å². The monoisotopic (exact) mass is 239 g/mol. The number of hydrogen-bond donors (Lipinski definition) is 3. The average molecular weight is 239 g/mol. The summed E-state index contributed by atoms with van der Waals surface area (Å²) in [5.41, 5.74) is -0.272. The normalized spacial score (nSPS) is 10.4. The Morgan fingerprint density at radius 3 is 2.53 bits per heavy atom. The van der Waals surface area contributed by atoms with Crippen molar-refractivity contribution in [2.24, 2.45) is 0 Å². The van der Waals surface area contributed by atoms with E-state index in [9.17, 15) is 14.3 Å². The number of rotatable bonds is 2. The van der Waals surface area contributed by atoms with Crippen LogP contribution in [0.3, 0.4) is 0 Å². The van der Waals surface area contributed by atoms with Crippen LogP contribution in [0.2, 0.25) is 0 Å². The number of benzene rings is 1. The van der Waals surface area contributed by atoms with Crippen LogP contribution in [-0.4, -0.2) is 26.4 Å². The fourth-order valence-electron chi connectivity index (χ4n) is 1.24. The van der Waals surface area contributed by atoms with E-state index in [2.05, 4.69) is 9.68 Å². The quantitative estimate of drug-likeness (QED) is 0.687. The van der Waals surface area contributed by atoms with Gasteiger partial charge in [-0.15, -0.1) is 0 Å². The summed E-state index contributed by atoms with van der Waals surface area (Å²) >= 11 is 0. The Kier molecular flexibility index (Phi) is 2.43. The van der Waals surface area contributed by atoms with Gasteiger partial charge in [0.25, 0.3) is 0 Å². The zero-order valence-electron chi connectivity index (χ0n) is 8.22. The van der Waals surface area contributed by atoms with Gasteiger partial charge in [-0.1, -0.05) is 5.16 Å². The van der Waals surface area contributed by atoms with Crippen molar-refractivity contribution in [3.8, 4) is 22.8 Å². The van der Waals surface area contributed by atoms with Crippen molar-refractivity contribution in [3.05, 3.63) is 29.7 Å². The first-order chi connectivity index (χ1) is 7.99. The second kappa shape index (κ2) is 3.78. The maximum atomic E-state index is 13.1. The fraction of sp³-hybridized carbons (Fsp3) is 0. The van der Waals surface area contributed by atoms with Crippen LogP contribution in [0.4, 0.5) is 4.39 Å². The number of nitrogens with zero attached hydrogens (tertiary/aromatic N) is 1. The minimum atomic E-state index is -1.29. The lowest BCUT2D eigenvalue weighted by Gasteiger charge is -2.01. The number of aromatic nitrogens is 1. The molecule has 1 aromatic carbocycles. The number of aromatic carboxylic acids is 1. The topological polar surface area (TPSA) is 104 Å². The molecule has 2 aromatic rings. The molecule has 0 saturated carbocycles. The van der Waals surface area contributed by atoms with Gasteiger partial charge in [0.15, 0.2) is 28.8 Å². The summed E-state index contributed by atoms with van der Waals surface area (Å²) in [6, 6.07) is 3.00. The van der Waals surface area contributed by atoms with Crippen molar-refractivity contribution in [2.45, 2.75) is 0 Å². The number of carbonyl (C=O) groups is 1. The number of halogens is 1. The van der Waals surface area contributed by atoms with E-state index in [1.807, 2.05) is 0 Å². The van der Waals surface area contributed by atoms with Gasteiger partial charge in [-0.05, 0) is 12.1 Å². The highest BCUT2D eigenvalue weighted by Gasteiger charge is 2.15. The van der Waals surface area contributed by atoms with E-state index >= 15 is 0 Å². The largest absolute Gasteiger partial charge is 0.504 e. The maximum Gasteiger partial charge on any atom is 0.358 e. The molecule has 0 atom stereocenters. The third kappa shape index (κ3) is 1.89. The lowest BCUT2D eigenvalue weighted by molar-refractivity contribution is 0.0686. The summed E-state index contributed by atoms with van der Waals surface area (Å²) in [6.45, 7) is 0. The Morgan fingerprint density at radius 2 is 2.00 bits per heavy atom. The summed E-state index contributed by atoms with van der Waals surface area (Å²) in [6.07, 6.45) is 0. The molecule has 0 unspecified atom stereocenters. The van der Waals surface area contributed by atoms with E-state index in [1.165, 1.54) is 0 Å². The lowest BCUT2D eigenvalue weighted by atomic mass is 10.1. The number of aromatic hydroxyl groups is 2. The van der Waals surface area contributed by atoms with Gasteiger partial charge in [0, 0.05) is 11.6 Å². The zero-order chi connectivity index (χ0) is 12.6. The molecule has 1 heterocycles. The number of phenolic OH excluding ortho intramolecular Hbond substituents is 2. The molecule has 1 aromatic heterocycles. The highest BCUT2D eigenvalue weighted by Crippen LogP contribution is 2.33. The molecule has 0 spiro atoms. The summed E-state index contributed by atoms with van der Waals surface area (Å²) in [7, 11) is 0. The van der Waals surface area contributed by atoms with Gasteiger partial charge >= 0.3 is 5.97 Å². The van der Waals surface area contributed by atoms with Crippen LogP contribution in [0, 0.1) is 5.82 Å². The summed E-state index contributed by atoms with van der Waals surface area (Å²) in [4.78, 5) is 10.5. The molecule has 88 valence electrons. The lowest BCUT2D eigenvalue weighted by Crippen LogP contribution is -1.94. The van der Waals surface area contributed by atoms with Crippen molar-refractivity contribution in [1.82, 2.24) is 5.16 Å². The van der Waals surface area contributed by atoms with Gasteiger partial charge in [0.2, 0.25) is 0 Å². The third-order valence-electron chi connectivity index (χ3n) is 2.06. The second-order valence-corrected chi connectivity index (χ2v) is 3.21. The van der Waals surface area contributed by atoms with E-state index in [1.54, 1.807) is 0 Å². The molecule has 0 bridgehead atoms. The fourth-order valence-corrected chi connectivity index (χ4v) is 1.24. The van der Waals surface area contributed by atoms with Crippen LogP contribution in [0.25, 0.3) is 11.3 Å². The highest BCUT2D eigenvalue weighted by molar-refractivity contribution is 5.86. The summed E-state index contributed by atoms with van der Waals surface area (Å²) in [5, 5.41) is 30.0. The minimum Gasteiger partial charge on any atom is -0.504 e. The summed E-state index contributed by atoms with van der Waals surface area (Å²) in [5.74, 6) is -3.92. The van der Waals surface area contributed by atoms with Crippen molar-refractivity contribution in [3.63, 3.8) is 0 Å². The Balaban J connectivity index is 2.49. The predicted molar refractivity (Wildman–Crippen MR) is 52.2 cm³/mol. The zero-order valence-corrected chi connectivity index (χ0v) is 8.22. The smallest absolute Gasteiger partial charge is 0.358 e. The molecule has 0 amide bonds. The first-order valence-corrected chi connectivity index (χ1v) is 4.41. The third-order valence-corrected chi connectivity index (χ3v) is 2.06. The average Bonchev–Trinajstić information content (AvgIpc) is 2.74. The van der Waals surface area contributed by atoms with E-state index in [0.29, 0.717) is 0 Å². The molecule has 7 heteroatoms. The minimum absolute atomic E-state index is 0.0309. The van der Waals surface area contributed by atoms with Gasteiger partial charge in [-0.3, -0.25) is 0 Å². The van der Waals surface area contributed by atoms with Gasteiger partial charge in [-0.25, -0.2) is 9.18 Å². The predicted octanol–water partition coefficient (Wildman–Crippen LogP) is 1.59. The molecule has 0 saturated heterocycles. The van der Waals surface area contributed by atoms with E-state index in [0.717, 1.165) is 18.2 Å². The first kappa shape index (κ1) is 10.9. The molecular formula is C10H6FNO5. The Bertz CT molecular complexity index is 569. The van der Waals surface area contributed by atoms with Crippen LogP contribution in [-0.2, 0) is 0 Å². The summed E-state index contributed by atoms with van der Waals surface area (Å²) < 4.78 is 17.8. The second-order valence-electron chi connectivity index (χ2n) is 3.21. The van der Waals surface area contributed by atoms with E-state index in [-0.39, 0.29) is 17.0 Å². The molecule has 0 fully saturated rings. The molecular weight excluding hydrogens is 233 g/mol. The molecule has 0 radical (unpaired) electrons. The van der Waals surface area contributed by atoms with Crippen LogP contribution < -0.4 is 0 Å². The number of carboxylic acids is 1. The molecule has 2 rings (SSSR count). The van der Waals surface area contributed by atoms with Gasteiger partial charge in [0.05, 0.1) is 0 Å². The van der Waals surface area contributed by atoms with Crippen LogP contribution in [0.1, 0.15) is 10.5 Å². The highest BCUT2D eigenvalue weighted by atomic mass is 19.1. The standard InChI is InChI=1S/C10H6FNO5/c11-5-1-4(2-7(13)9(5)14)8-3-6(10(15)16)12-17-8/h1-3,13-14H,(H,15,16). The Hall–Kier alpha value is -2.57. The van der Waals surface area contributed by atoms with Crippen LogP contribution in [0.5, 0.6) is 11.5 Å². The molecule has 3 N–H and O–H groups in total. The van der Waals surface area contributed by atoms with Crippen LogP contribution in [0.15, 0.2) is 22.7 Å². The number of hydrogen-bond acceptors (Lipinski definition) is 5.